The third-order valence-electron chi connectivity index (χ3n) is 5.35. The second kappa shape index (κ2) is 7.55. The first-order valence-electron chi connectivity index (χ1n) is 9.12. The van der Waals surface area contributed by atoms with E-state index >= 15 is 0 Å². The predicted molar refractivity (Wildman–Crippen MR) is 108 cm³/mol. The number of nitrogens with zero attached hydrogens (tertiary/aromatic N) is 1. The monoisotopic (exact) mass is 365 g/mol. The highest BCUT2D eigenvalue weighted by atomic mass is 16.3. The van der Waals surface area contributed by atoms with Crippen molar-refractivity contribution < 1.29 is 9.90 Å². The van der Waals surface area contributed by atoms with Crippen molar-refractivity contribution in [3.05, 3.63) is 71.9 Å². The van der Waals surface area contributed by atoms with Crippen LogP contribution in [0, 0.1) is 0 Å². The van der Waals surface area contributed by atoms with E-state index in [1.807, 2.05) is 63.4 Å². The van der Waals surface area contributed by atoms with E-state index in [-0.39, 0.29) is 12.6 Å². The van der Waals surface area contributed by atoms with E-state index in [1.54, 1.807) is 0 Å². The molecule has 1 amide bonds. The maximum atomic E-state index is 12.4. The Kier molecular flexibility index (Phi) is 5.35. The summed E-state index contributed by atoms with van der Waals surface area (Å²) in [5, 5.41) is 14.3. The Hall–Kier alpha value is -2.63. The van der Waals surface area contributed by atoms with Crippen LogP contribution in [-0.4, -0.2) is 28.2 Å². The number of hydrogen-bond acceptors (Lipinski definition) is 3. The molecule has 2 aromatic carbocycles. The van der Waals surface area contributed by atoms with Gasteiger partial charge in [-0.05, 0) is 17.2 Å². The molecule has 0 bridgehead atoms. The first-order valence-corrected chi connectivity index (χ1v) is 9.12. The van der Waals surface area contributed by atoms with Crippen LogP contribution in [0.15, 0.2) is 60.8 Å². The van der Waals surface area contributed by atoms with Crippen molar-refractivity contribution in [1.29, 1.82) is 0 Å². The summed E-state index contributed by atoms with van der Waals surface area (Å²) in [5.74, 6) is -0.442. The normalized spacial score (nSPS) is 14.2. The van der Waals surface area contributed by atoms with E-state index in [9.17, 15) is 9.90 Å². The molecule has 5 heteroatoms. The summed E-state index contributed by atoms with van der Waals surface area (Å²) in [6, 6.07) is 16.7. The number of carbonyl (C=O) groups excluding carboxylic acids is 1. The second-order valence-electron chi connectivity index (χ2n) is 7.54. The number of aliphatic hydroxyl groups is 1. The number of rotatable bonds is 7. The highest BCUT2D eigenvalue weighted by Gasteiger charge is 2.38. The number of amides is 1. The zero-order chi connectivity index (χ0) is 19.6. The van der Waals surface area contributed by atoms with Crippen molar-refractivity contribution >= 4 is 16.8 Å². The highest BCUT2D eigenvalue weighted by molar-refractivity contribution is 5.88. The highest BCUT2D eigenvalue weighted by Crippen LogP contribution is 2.35. The molecule has 142 valence electrons. The van der Waals surface area contributed by atoms with Crippen LogP contribution >= 0.6 is 0 Å². The van der Waals surface area contributed by atoms with E-state index in [2.05, 4.69) is 28.2 Å². The number of fused-ring (bicyclic) bond motifs is 1. The molecule has 2 unspecified atom stereocenters. The predicted octanol–water partition coefficient (Wildman–Crippen LogP) is 2.63. The molecule has 0 saturated carbocycles. The summed E-state index contributed by atoms with van der Waals surface area (Å²) in [5.41, 5.74) is 8.29. The Morgan fingerprint density at radius 2 is 1.78 bits per heavy atom. The van der Waals surface area contributed by atoms with Crippen LogP contribution in [0.2, 0.25) is 0 Å². The molecule has 2 atom stereocenters. The number of aliphatic hydroxyl groups excluding tert-OH is 1. The molecule has 3 rings (SSSR count). The molecule has 0 radical (unpaired) electrons. The average molecular weight is 365 g/mol. The van der Waals surface area contributed by atoms with Crippen molar-refractivity contribution in [2.45, 2.75) is 31.3 Å². The maximum absolute atomic E-state index is 12.4. The lowest BCUT2D eigenvalue weighted by Crippen LogP contribution is -2.54. The summed E-state index contributed by atoms with van der Waals surface area (Å²) < 4.78 is 2.06. The van der Waals surface area contributed by atoms with Gasteiger partial charge in [-0.25, -0.2) is 0 Å². The molecular formula is C22H27N3O2. The quantitative estimate of drug-likeness (QED) is 0.602. The SMILES string of the molecule is Cn1cc(C(C)(C)C(NC(CO)c2ccccc2)C(N)=O)c2ccccc21. The van der Waals surface area contributed by atoms with Crippen LogP contribution in [0.5, 0.6) is 0 Å². The minimum Gasteiger partial charge on any atom is -0.394 e. The van der Waals surface area contributed by atoms with Crippen molar-refractivity contribution in [1.82, 2.24) is 9.88 Å². The molecule has 27 heavy (non-hydrogen) atoms. The third-order valence-corrected chi connectivity index (χ3v) is 5.35. The van der Waals surface area contributed by atoms with Crippen LogP contribution in [0.25, 0.3) is 10.9 Å². The third kappa shape index (κ3) is 3.61. The van der Waals surface area contributed by atoms with Gasteiger partial charge in [-0.15, -0.1) is 0 Å². The lowest BCUT2D eigenvalue weighted by Gasteiger charge is -2.35. The molecule has 0 aliphatic carbocycles. The van der Waals surface area contributed by atoms with Crippen LogP contribution in [0.3, 0.4) is 0 Å². The molecule has 4 N–H and O–H groups in total. The van der Waals surface area contributed by atoms with Crippen LogP contribution < -0.4 is 11.1 Å². The average Bonchev–Trinajstić information content (AvgIpc) is 3.01. The Bertz CT molecular complexity index is 931. The van der Waals surface area contributed by atoms with Gasteiger partial charge in [0.05, 0.1) is 18.7 Å². The largest absolute Gasteiger partial charge is 0.394 e. The standard InChI is InChI=1S/C22H27N3O2/c1-22(2,17-13-25(3)19-12-8-7-11-16(17)19)20(21(23)27)24-18(14-26)15-9-5-4-6-10-15/h4-13,18,20,24,26H,14H2,1-3H3,(H2,23,27). The van der Waals surface area contributed by atoms with Gasteiger partial charge in [0.2, 0.25) is 5.91 Å². The van der Waals surface area contributed by atoms with Crippen molar-refractivity contribution in [3.8, 4) is 0 Å². The lowest BCUT2D eigenvalue weighted by molar-refractivity contribution is -0.121. The minimum atomic E-state index is -0.652. The van der Waals surface area contributed by atoms with Gasteiger partial charge in [-0.1, -0.05) is 62.4 Å². The summed E-state index contributed by atoms with van der Waals surface area (Å²) in [4.78, 5) is 12.4. The fraction of sp³-hybridized carbons (Fsp3) is 0.318. The molecule has 0 aliphatic rings. The van der Waals surface area contributed by atoms with Gasteiger partial charge in [0.1, 0.15) is 0 Å². The Balaban J connectivity index is 2.01. The molecule has 1 heterocycles. The molecule has 0 saturated heterocycles. The number of hydrogen-bond donors (Lipinski definition) is 3. The van der Waals surface area contributed by atoms with Gasteiger partial charge >= 0.3 is 0 Å². The topological polar surface area (TPSA) is 80.3 Å². The first kappa shape index (κ1) is 19.1. The molecule has 0 fully saturated rings. The van der Waals surface area contributed by atoms with Gasteiger partial charge in [0.15, 0.2) is 0 Å². The first-order chi connectivity index (χ1) is 12.9. The number of primary amides is 1. The van der Waals surface area contributed by atoms with Crippen molar-refractivity contribution in [2.75, 3.05) is 6.61 Å². The van der Waals surface area contributed by atoms with E-state index in [4.69, 9.17) is 5.73 Å². The number of benzene rings is 2. The number of nitrogens with two attached hydrogens (primary N) is 1. The fourth-order valence-electron chi connectivity index (χ4n) is 3.80. The zero-order valence-electron chi connectivity index (χ0n) is 16.0. The fourth-order valence-corrected chi connectivity index (χ4v) is 3.80. The summed E-state index contributed by atoms with van der Waals surface area (Å²) in [6.07, 6.45) is 2.05. The van der Waals surface area contributed by atoms with Gasteiger partial charge < -0.3 is 15.4 Å². The summed E-state index contributed by atoms with van der Waals surface area (Å²) >= 11 is 0. The van der Waals surface area contributed by atoms with E-state index in [0.29, 0.717) is 0 Å². The summed E-state index contributed by atoms with van der Waals surface area (Å²) in [7, 11) is 2.00. The lowest BCUT2D eigenvalue weighted by atomic mass is 9.76. The van der Waals surface area contributed by atoms with Crippen molar-refractivity contribution in [2.24, 2.45) is 12.8 Å². The molecule has 5 nitrogen and oxygen atoms in total. The molecule has 3 aromatic rings. The smallest absolute Gasteiger partial charge is 0.235 e. The van der Waals surface area contributed by atoms with Crippen LogP contribution in [-0.2, 0) is 17.3 Å². The Morgan fingerprint density at radius 1 is 1.15 bits per heavy atom. The van der Waals surface area contributed by atoms with E-state index in [1.165, 1.54) is 0 Å². The second-order valence-corrected chi connectivity index (χ2v) is 7.54. The van der Waals surface area contributed by atoms with Crippen LogP contribution in [0.4, 0.5) is 0 Å². The number of carbonyl (C=O) groups is 1. The Morgan fingerprint density at radius 3 is 2.41 bits per heavy atom. The van der Waals surface area contributed by atoms with Gasteiger partial charge in [0.25, 0.3) is 0 Å². The van der Waals surface area contributed by atoms with E-state index < -0.39 is 17.4 Å². The van der Waals surface area contributed by atoms with Gasteiger partial charge in [-0.2, -0.15) is 0 Å². The van der Waals surface area contributed by atoms with Crippen LogP contribution in [0.1, 0.15) is 31.0 Å². The van der Waals surface area contributed by atoms with E-state index in [0.717, 1.165) is 22.0 Å². The number of aryl methyl sites for hydroxylation is 1. The maximum Gasteiger partial charge on any atom is 0.235 e. The minimum absolute atomic E-state index is 0.126. The summed E-state index contributed by atoms with van der Waals surface area (Å²) in [6.45, 7) is 3.90. The molecule has 0 spiro atoms. The zero-order valence-corrected chi connectivity index (χ0v) is 16.0. The van der Waals surface area contributed by atoms with Gasteiger partial charge in [0, 0.05) is 29.6 Å². The number of aromatic nitrogens is 1. The Labute approximate surface area is 159 Å². The number of nitrogens with one attached hydrogen (secondary N) is 1. The molecule has 0 aliphatic heterocycles. The molecular weight excluding hydrogens is 338 g/mol. The number of para-hydroxylation sites is 1. The van der Waals surface area contributed by atoms with Crippen molar-refractivity contribution in [3.63, 3.8) is 0 Å². The molecule has 1 aromatic heterocycles. The van der Waals surface area contributed by atoms with Gasteiger partial charge in [-0.3, -0.25) is 10.1 Å².